The summed E-state index contributed by atoms with van der Waals surface area (Å²) in [6.45, 7) is 10.6. The summed E-state index contributed by atoms with van der Waals surface area (Å²) >= 11 is 1.17. The molecule has 0 amide bonds. The molecule has 0 bridgehead atoms. The van der Waals surface area contributed by atoms with E-state index in [1.807, 2.05) is 76.2 Å². The second kappa shape index (κ2) is 23.0. The minimum atomic E-state index is -4.74. The van der Waals surface area contributed by atoms with Crippen molar-refractivity contribution in [2.75, 3.05) is 60.8 Å². The highest BCUT2D eigenvalue weighted by atomic mass is 32.2. The maximum Gasteiger partial charge on any atom is 0.296 e. The number of methoxy groups -OCH3 is 2. The minimum absolute atomic E-state index is 0.0315. The van der Waals surface area contributed by atoms with Gasteiger partial charge in [0, 0.05) is 54.8 Å². The first-order chi connectivity index (χ1) is 35.6. The first-order valence-corrected chi connectivity index (χ1v) is 27.2. The molecule has 8 aromatic rings. The predicted molar refractivity (Wildman–Crippen MR) is 291 cm³/mol. The smallest absolute Gasteiger partial charge is 0.296 e. The van der Waals surface area contributed by atoms with Crippen molar-refractivity contribution in [2.45, 2.75) is 48.4 Å². The molecule has 1 heterocycles. The van der Waals surface area contributed by atoms with Crippen molar-refractivity contribution in [3.63, 3.8) is 0 Å². The van der Waals surface area contributed by atoms with E-state index in [9.17, 15) is 25.9 Å². The average molecular weight is 1060 g/mol. The lowest BCUT2D eigenvalue weighted by Gasteiger charge is -2.25. The Kier molecular flexibility index (Phi) is 16.3. The van der Waals surface area contributed by atoms with Crippen LogP contribution in [0.3, 0.4) is 0 Å². The second-order valence-corrected chi connectivity index (χ2v) is 20.1. The Bertz CT molecular complexity index is 3650. The molecule has 1 aromatic heterocycles. The lowest BCUT2D eigenvalue weighted by Crippen LogP contribution is -2.22. The van der Waals surface area contributed by atoms with Crippen LogP contribution in [0.15, 0.2) is 163 Å². The molecule has 0 atom stereocenters. The number of thioether (sulfide) groups is 1. The van der Waals surface area contributed by atoms with Crippen LogP contribution in [0.1, 0.15) is 33.3 Å². The molecule has 0 spiro atoms. The van der Waals surface area contributed by atoms with Gasteiger partial charge in [-0.3, -0.25) is 9.11 Å². The Morgan fingerprint density at radius 2 is 1.07 bits per heavy atom. The number of ether oxygens (including phenoxy) is 2. The maximum absolute atomic E-state index is 12.7. The number of nitrogens with one attached hydrogen (secondary N) is 2. The molecule has 0 aliphatic heterocycles. The molecule has 7 aromatic carbocycles. The molecule has 0 aliphatic rings. The fourth-order valence-corrected chi connectivity index (χ4v) is 10.2. The van der Waals surface area contributed by atoms with E-state index < -0.39 is 25.1 Å². The van der Waals surface area contributed by atoms with Gasteiger partial charge in [0.1, 0.15) is 33.5 Å². The fraction of sp³-hybridized carbons (Fsp3) is 0.212. The zero-order valence-corrected chi connectivity index (χ0v) is 43.7. The summed E-state index contributed by atoms with van der Waals surface area (Å²) < 4.78 is 81.5. The molecule has 8 rings (SSSR count). The second-order valence-electron chi connectivity index (χ2n) is 16.4. The molecule has 19 nitrogen and oxygen atoms in total. The molecule has 0 radical (unpaired) electrons. The maximum atomic E-state index is 12.7. The van der Waals surface area contributed by atoms with Gasteiger partial charge < -0.3 is 29.9 Å². The van der Waals surface area contributed by atoms with Gasteiger partial charge in [0.15, 0.2) is 5.16 Å². The van der Waals surface area contributed by atoms with Gasteiger partial charge in [-0.1, -0.05) is 90.6 Å². The fourth-order valence-electron chi connectivity index (χ4n) is 8.20. The lowest BCUT2D eigenvalue weighted by molar-refractivity contribution is 0.414. The summed E-state index contributed by atoms with van der Waals surface area (Å²) in [5, 5.41) is 28.5. The molecular formula is C52H53N11O8S3. The van der Waals surface area contributed by atoms with Gasteiger partial charge in [-0.25, -0.2) is 0 Å². The summed E-state index contributed by atoms with van der Waals surface area (Å²) in [5.74, 6) is 1.29. The third kappa shape index (κ3) is 12.0. The van der Waals surface area contributed by atoms with Gasteiger partial charge in [-0.05, 0) is 80.4 Å². The normalized spacial score (nSPS) is 11.9. The summed E-state index contributed by atoms with van der Waals surface area (Å²) in [6.07, 6.45) is 0. The topological polar surface area (TPSA) is 246 Å². The van der Waals surface area contributed by atoms with Crippen LogP contribution in [0.4, 0.5) is 57.4 Å². The van der Waals surface area contributed by atoms with E-state index in [0.717, 1.165) is 16.5 Å². The molecule has 22 heteroatoms. The van der Waals surface area contributed by atoms with Crippen molar-refractivity contribution in [1.29, 1.82) is 0 Å². The van der Waals surface area contributed by atoms with E-state index in [-0.39, 0.29) is 39.1 Å². The number of nitrogens with zero attached hydrogens (tertiary/aromatic N) is 9. The molecule has 382 valence electrons. The largest absolute Gasteiger partial charge is 0.494 e. The third-order valence-electron chi connectivity index (χ3n) is 11.9. The van der Waals surface area contributed by atoms with E-state index in [0.29, 0.717) is 82.5 Å². The molecule has 0 saturated heterocycles. The molecule has 0 fully saturated rings. The van der Waals surface area contributed by atoms with Crippen molar-refractivity contribution in [1.82, 2.24) is 15.0 Å². The monoisotopic (exact) mass is 1060 g/mol. The van der Waals surface area contributed by atoms with Gasteiger partial charge in [-0.15, -0.1) is 20.5 Å². The van der Waals surface area contributed by atoms with Gasteiger partial charge >= 0.3 is 0 Å². The van der Waals surface area contributed by atoms with Crippen molar-refractivity contribution >= 4 is 111 Å². The van der Waals surface area contributed by atoms with Gasteiger partial charge in [0.05, 0.1) is 47.6 Å². The van der Waals surface area contributed by atoms with Crippen LogP contribution in [0, 0.1) is 0 Å². The van der Waals surface area contributed by atoms with Crippen molar-refractivity contribution in [2.24, 2.45) is 20.5 Å². The zero-order chi connectivity index (χ0) is 52.6. The number of anilines is 6. The van der Waals surface area contributed by atoms with E-state index >= 15 is 0 Å². The van der Waals surface area contributed by atoms with Crippen LogP contribution in [-0.4, -0.2) is 81.3 Å². The van der Waals surface area contributed by atoms with Crippen LogP contribution in [-0.2, 0) is 26.0 Å². The van der Waals surface area contributed by atoms with Crippen LogP contribution in [0.25, 0.3) is 21.5 Å². The van der Waals surface area contributed by atoms with E-state index in [4.69, 9.17) is 34.7 Å². The molecule has 4 N–H and O–H groups in total. The highest BCUT2D eigenvalue weighted by Gasteiger charge is 2.22. The SMILES string of the molecule is CCN(CC)c1cc(Nc2nc(Nc3cc(N(CC)CC)c(OC)cc3/N=N/c3c(S(=O)(=O)O)ccc4ccccc34)nc(SCc3cccc(S(=O)(=O)O)c3)n2)c(/N=N/c2cccc3ccccc23)cc1OC. The predicted octanol–water partition coefficient (Wildman–Crippen LogP) is 13.0. The van der Waals surface area contributed by atoms with Crippen LogP contribution in [0.2, 0.25) is 0 Å². The average Bonchev–Trinajstić information content (AvgIpc) is 3.39. The van der Waals surface area contributed by atoms with Crippen molar-refractivity contribution in [3.05, 3.63) is 133 Å². The Morgan fingerprint density at radius 3 is 1.62 bits per heavy atom. The van der Waals surface area contributed by atoms with Crippen molar-refractivity contribution < 1.29 is 35.4 Å². The number of hydrogen-bond donors (Lipinski definition) is 4. The van der Waals surface area contributed by atoms with E-state index in [2.05, 4.69) is 30.7 Å². The summed E-state index contributed by atoms with van der Waals surface area (Å²) in [5.41, 5.74) is 3.97. The van der Waals surface area contributed by atoms with Crippen molar-refractivity contribution in [3.8, 4) is 11.5 Å². The van der Waals surface area contributed by atoms with Gasteiger partial charge in [-0.2, -0.15) is 31.8 Å². The van der Waals surface area contributed by atoms with E-state index in [1.54, 1.807) is 61.7 Å². The number of aromatic nitrogens is 3. The molecular weight excluding hydrogens is 1000 g/mol. The number of benzene rings is 7. The molecule has 0 aliphatic carbocycles. The Morgan fingerprint density at radius 1 is 0.554 bits per heavy atom. The lowest BCUT2D eigenvalue weighted by atomic mass is 10.1. The van der Waals surface area contributed by atoms with Gasteiger partial charge in [0.25, 0.3) is 20.2 Å². The Balaban J connectivity index is 1.29. The highest BCUT2D eigenvalue weighted by Crippen LogP contribution is 2.44. The Labute approximate surface area is 433 Å². The first-order valence-electron chi connectivity index (χ1n) is 23.4. The third-order valence-corrected chi connectivity index (χ3v) is 14.6. The summed E-state index contributed by atoms with van der Waals surface area (Å²) in [4.78, 5) is 18.0. The minimum Gasteiger partial charge on any atom is -0.494 e. The zero-order valence-electron chi connectivity index (χ0n) is 41.3. The molecule has 0 saturated carbocycles. The summed E-state index contributed by atoms with van der Waals surface area (Å²) in [6, 6.07) is 36.6. The molecule has 0 unspecified atom stereocenters. The number of fused-ring (bicyclic) bond motifs is 2. The molecule has 74 heavy (non-hydrogen) atoms. The van der Waals surface area contributed by atoms with Crippen LogP contribution >= 0.6 is 11.8 Å². The summed E-state index contributed by atoms with van der Waals surface area (Å²) in [7, 11) is -6.11. The number of rotatable bonds is 21. The van der Waals surface area contributed by atoms with E-state index in [1.165, 1.54) is 43.1 Å². The first kappa shape index (κ1) is 52.6. The van der Waals surface area contributed by atoms with Crippen LogP contribution < -0.4 is 29.9 Å². The number of hydrogen-bond acceptors (Lipinski definition) is 18. The number of azo groups is 2. The Hall–Kier alpha value is -7.76. The van der Waals surface area contributed by atoms with Crippen LogP contribution in [0.5, 0.6) is 11.5 Å². The highest BCUT2D eigenvalue weighted by molar-refractivity contribution is 7.98. The quantitative estimate of drug-likeness (QED) is 0.0297. The van der Waals surface area contributed by atoms with Gasteiger partial charge in [0.2, 0.25) is 11.9 Å². The standard InChI is InChI=1S/C52H53N11O8S3/c1-7-62(8-2)44-28-40(42(30-46(44)70-5)59-58-39-24-16-20-34-18-11-13-22-37(34)39)53-50-55-51(57-52(56-50)72-32-33-17-15-21-36(27-33)73(64,65)66)54-41-29-45(63(9-3)10-4)47(71-6)31-43(41)60-61-49-38-23-14-12-19-35(38)25-26-48(49)74(67,68)69/h11-31H,7-10,32H2,1-6H3,(H,64,65,66)(H,67,68,69)(H2,53,54,55,56,57)/b59-58+,61-60+.